The third-order valence-electron chi connectivity index (χ3n) is 4.60. The highest BCUT2D eigenvalue weighted by molar-refractivity contribution is 5.73. The number of aryl methyl sites for hydroxylation is 1. The summed E-state index contributed by atoms with van der Waals surface area (Å²) in [6.45, 7) is 9.75. The van der Waals surface area contributed by atoms with Crippen molar-refractivity contribution in [1.82, 2.24) is 0 Å². The Hall–Kier alpha value is -3.79. The third-order valence-corrected chi connectivity index (χ3v) is 4.60. The highest BCUT2D eigenvalue weighted by Crippen LogP contribution is 2.26. The molecule has 2 N–H and O–H groups in total. The summed E-state index contributed by atoms with van der Waals surface area (Å²) in [5, 5.41) is 18.7. The van der Waals surface area contributed by atoms with Gasteiger partial charge in [-0.25, -0.2) is 0 Å². The number of aldehydes is 1. The molecule has 0 aromatic heterocycles. The summed E-state index contributed by atoms with van der Waals surface area (Å²) in [4.78, 5) is 9.89. The van der Waals surface area contributed by atoms with E-state index in [1.54, 1.807) is 24.3 Å². The molecule has 4 nitrogen and oxygen atoms in total. The standard InChI is InChI=1S/C10H12O2.C10H14O.C9H8O/c1-3-4-8-5-6-9(11)10(7-8)12-2;1-7(2)9-5-4-8(3)6-10(9)11;10-8-4-7-9-5-2-1-3-6-9/h3,5-7,11H,1,4H2,2H3;4-7,11H,1-3H3;1-8H. The first-order valence-electron chi connectivity index (χ1n) is 10.8. The smallest absolute Gasteiger partial charge is 0.160 e. The molecule has 0 fully saturated rings. The Morgan fingerprint density at radius 1 is 0.970 bits per heavy atom. The third kappa shape index (κ3) is 10.4. The molecule has 0 saturated heterocycles. The van der Waals surface area contributed by atoms with Crippen molar-refractivity contribution in [1.29, 1.82) is 0 Å². The average Bonchev–Trinajstić information content (AvgIpc) is 2.80. The van der Waals surface area contributed by atoms with Crippen LogP contribution in [0.25, 0.3) is 6.08 Å². The summed E-state index contributed by atoms with van der Waals surface area (Å²) >= 11 is 0. The molecule has 3 aromatic rings. The van der Waals surface area contributed by atoms with Crippen molar-refractivity contribution in [3.8, 4) is 17.2 Å². The van der Waals surface area contributed by atoms with Crippen LogP contribution in [0, 0.1) is 6.92 Å². The van der Waals surface area contributed by atoms with Crippen LogP contribution in [-0.2, 0) is 11.2 Å². The van der Waals surface area contributed by atoms with Crippen molar-refractivity contribution in [3.63, 3.8) is 0 Å². The van der Waals surface area contributed by atoms with Gasteiger partial charge in [0.15, 0.2) is 11.5 Å². The maximum Gasteiger partial charge on any atom is 0.160 e. The second kappa shape index (κ2) is 15.1. The molecule has 0 amide bonds. The average molecular weight is 447 g/mol. The fourth-order valence-electron chi connectivity index (χ4n) is 2.87. The maximum absolute atomic E-state index is 9.89. The quantitative estimate of drug-likeness (QED) is 0.247. The van der Waals surface area contributed by atoms with Crippen LogP contribution in [-0.4, -0.2) is 23.6 Å². The first-order chi connectivity index (χ1) is 15.8. The molecule has 0 unspecified atom stereocenters. The number of carbonyl (C=O) groups is 1. The second-order valence-corrected chi connectivity index (χ2v) is 7.62. The minimum absolute atomic E-state index is 0.172. The van der Waals surface area contributed by atoms with Crippen LogP contribution in [0.2, 0.25) is 0 Å². The summed E-state index contributed by atoms with van der Waals surface area (Å²) in [6.07, 6.45) is 6.62. The van der Waals surface area contributed by atoms with Gasteiger partial charge in [-0.05, 0) is 65.8 Å². The predicted molar refractivity (Wildman–Crippen MR) is 137 cm³/mol. The summed E-state index contributed by atoms with van der Waals surface area (Å²) in [6, 6.07) is 20.8. The van der Waals surface area contributed by atoms with Gasteiger partial charge in [0, 0.05) is 0 Å². The molecule has 3 aromatic carbocycles. The van der Waals surface area contributed by atoms with Crippen LogP contribution in [0.15, 0.2) is 85.5 Å². The lowest BCUT2D eigenvalue weighted by Crippen LogP contribution is -1.87. The van der Waals surface area contributed by atoms with Crippen LogP contribution >= 0.6 is 0 Å². The van der Waals surface area contributed by atoms with Crippen molar-refractivity contribution >= 4 is 12.4 Å². The Morgan fingerprint density at radius 2 is 1.67 bits per heavy atom. The van der Waals surface area contributed by atoms with Gasteiger partial charge in [-0.1, -0.05) is 74.5 Å². The monoisotopic (exact) mass is 446 g/mol. The van der Waals surface area contributed by atoms with Crippen molar-refractivity contribution in [2.75, 3.05) is 7.11 Å². The number of allylic oxidation sites excluding steroid dienone is 2. The molecular weight excluding hydrogens is 412 g/mol. The number of ether oxygens (including phenoxy) is 1. The molecule has 3 rings (SSSR count). The number of methoxy groups -OCH3 is 1. The Labute approximate surface area is 197 Å². The number of hydrogen-bond acceptors (Lipinski definition) is 4. The van der Waals surface area contributed by atoms with Gasteiger partial charge in [0.1, 0.15) is 12.0 Å². The largest absolute Gasteiger partial charge is 0.508 e. The van der Waals surface area contributed by atoms with E-state index < -0.39 is 0 Å². The predicted octanol–water partition coefficient (Wildman–Crippen LogP) is 6.85. The zero-order valence-corrected chi connectivity index (χ0v) is 19.9. The van der Waals surface area contributed by atoms with Gasteiger partial charge in [0.05, 0.1) is 7.11 Å². The van der Waals surface area contributed by atoms with Crippen LogP contribution in [0.1, 0.15) is 42.0 Å². The van der Waals surface area contributed by atoms with Gasteiger partial charge in [-0.15, -0.1) is 6.58 Å². The Balaban J connectivity index is 0.000000249. The lowest BCUT2D eigenvalue weighted by atomic mass is 10.0. The molecule has 0 aliphatic rings. The number of benzene rings is 3. The van der Waals surface area contributed by atoms with Crippen LogP contribution in [0.5, 0.6) is 17.2 Å². The summed E-state index contributed by atoms with van der Waals surface area (Å²) in [7, 11) is 1.53. The zero-order valence-electron chi connectivity index (χ0n) is 19.9. The summed E-state index contributed by atoms with van der Waals surface area (Å²) < 4.78 is 4.95. The van der Waals surface area contributed by atoms with Gasteiger partial charge >= 0.3 is 0 Å². The SMILES string of the molecule is C=CCc1ccc(O)c(OC)c1.Cc1ccc(C(C)C)c(O)c1.O=CC=Cc1ccccc1. The van der Waals surface area contributed by atoms with Gasteiger partial charge < -0.3 is 14.9 Å². The number of phenols is 2. The van der Waals surface area contributed by atoms with Crippen LogP contribution in [0.4, 0.5) is 0 Å². The lowest BCUT2D eigenvalue weighted by Gasteiger charge is -2.07. The second-order valence-electron chi connectivity index (χ2n) is 7.62. The number of carbonyl (C=O) groups excluding carboxylic acids is 1. The molecule has 0 heterocycles. The van der Waals surface area contributed by atoms with Crippen molar-refractivity contribution < 1.29 is 19.7 Å². The number of rotatable bonds is 6. The van der Waals surface area contributed by atoms with Gasteiger partial charge in [-0.2, -0.15) is 0 Å². The van der Waals surface area contributed by atoms with Crippen molar-refractivity contribution in [2.24, 2.45) is 0 Å². The minimum atomic E-state index is 0.172. The van der Waals surface area contributed by atoms with Crippen molar-refractivity contribution in [3.05, 3.63) is 108 Å². The van der Waals surface area contributed by atoms with Crippen LogP contribution < -0.4 is 4.74 Å². The van der Waals surface area contributed by atoms with E-state index in [4.69, 9.17) is 4.74 Å². The van der Waals surface area contributed by atoms with E-state index in [2.05, 4.69) is 20.4 Å². The Bertz CT molecular complexity index is 1020. The molecular formula is C29H34O4. The van der Waals surface area contributed by atoms with E-state index in [1.165, 1.54) is 13.2 Å². The first kappa shape index (κ1) is 27.2. The first-order valence-corrected chi connectivity index (χ1v) is 10.8. The summed E-state index contributed by atoms with van der Waals surface area (Å²) in [5.41, 5.74) is 4.26. The van der Waals surface area contributed by atoms with Crippen molar-refractivity contribution in [2.45, 2.75) is 33.1 Å². The Morgan fingerprint density at radius 3 is 2.21 bits per heavy atom. The van der Waals surface area contributed by atoms with Crippen LogP contribution in [0.3, 0.4) is 0 Å². The molecule has 0 spiro atoms. The number of hydrogen-bond donors (Lipinski definition) is 2. The topological polar surface area (TPSA) is 66.8 Å². The zero-order chi connectivity index (χ0) is 24.6. The van der Waals surface area contributed by atoms with E-state index >= 15 is 0 Å². The lowest BCUT2D eigenvalue weighted by molar-refractivity contribution is -0.104. The van der Waals surface area contributed by atoms with Gasteiger partial charge in [-0.3, -0.25) is 4.79 Å². The maximum atomic E-state index is 9.89. The number of aromatic hydroxyl groups is 2. The fourth-order valence-corrected chi connectivity index (χ4v) is 2.87. The summed E-state index contributed by atoms with van der Waals surface area (Å²) in [5.74, 6) is 1.50. The molecule has 0 aliphatic heterocycles. The molecule has 4 heteroatoms. The Kier molecular flexibility index (Phi) is 12.5. The van der Waals surface area contributed by atoms with E-state index in [0.717, 1.165) is 35.0 Å². The van der Waals surface area contributed by atoms with E-state index in [-0.39, 0.29) is 5.75 Å². The highest BCUT2D eigenvalue weighted by Gasteiger charge is 2.04. The molecule has 0 atom stereocenters. The van der Waals surface area contributed by atoms with E-state index in [9.17, 15) is 15.0 Å². The molecule has 0 radical (unpaired) electrons. The molecule has 33 heavy (non-hydrogen) atoms. The highest BCUT2D eigenvalue weighted by atomic mass is 16.5. The minimum Gasteiger partial charge on any atom is -0.508 e. The number of phenolic OH excluding ortho intramolecular Hbond substituents is 2. The van der Waals surface area contributed by atoms with E-state index in [0.29, 0.717) is 17.4 Å². The van der Waals surface area contributed by atoms with E-state index in [1.807, 2.05) is 61.5 Å². The molecule has 0 saturated carbocycles. The molecule has 0 aliphatic carbocycles. The normalized spacial score (nSPS) is 9.97. The fraction of sp³-hybridized carbons (Fsp3) is 0.207. The van der Waals surface area contributed by atoms with Gasteiger partial charge in [0.25, 0.3) is 0 Å². The molecule has 0 bridgehead atoms. The molecule has 174 valence electrons. The van der Waals surface area contributed by atoms with Gasteiger partial charge in [0.2, 0.25) is 0 Å².